The fraction of sp³-hybridized carbons (Fsp3) is 0.0909. The third-order valence-electron chi connectivity index (χ3n) is 2.29. The van der Waals surface area contributed by atoms with E-state index in [1.54, 1.807) is 0 Å². The van der Waals surface area contributed by atoms with Gasteiger partial charge in [0.15, 0.2) is 0 Å². The van der Waals surface area contributed by atoms with Crippen LogP contribution >= 0.6 is 0 Å². The van der Waals surface area contributed by atoms with E-state index in [4.69, 9.17) is 10.0 Å². The van der Waals surface area contributed by atoms with Crippen molar-refractivity contribution in [2.24, 2.45) is 0 Å². The Balaban J connectivity index is 2.10. The van der Waals surface area contributed by atoms with E-state index in [1.165, 1.54) is 24.5 Å². The Hall–Kier alpha value is -2.33. The molecular weight excluding hydrogens is 290 g/mol. The molecule has 0 aliphatic rings. The summed E-state index contributed by atoms with van der Waals surface area (Å²) in [5.74, 6) is -0.293. The second-order valence-electron chi connectivity index (χ2n) is 3.91. The van der Waals surface area contributed by atoms with Gasteiger partial charge in [0.1, 0.15) is 5.75 Å². The first-order valence-corrected chi connectivity index (χ1v) is 5.64. The fourth-order valence-corrected chi connectivity index (χ4v) is 1.44. The van der Waals surface area contributed by atoms with Crippen molar-refractivity contribution in [1.29, 1.82) is 0 Å². The van der Waals surface area contributed by atoms with Crippen LogP contribution in [0.25, 0.3) is 0 Å². The van der Waals surface area contributed by atoms with Gasteiger partial charge in [-0.05, 0) is 12.1 Å². The molecule has 0 spiro atoms. The first kappa shape index (κ1) is 15.1. The van der Waals surface area contributed by atoms with Crippen molar-refractivity contribution in [3.8, 4) is 5.75 Å². The van der Waals surface area contributed by atoms with Gasteiger partial charge in [-0.2, -0.15) is 0 Å². The van der Waals surface area contributed by atoms with Crippen LogP contribution in [0.15, 0.2) is 36.7 Å². The number of alkyl halides is 3. The molecular formula is C11H9BF3N3O3. The van der Waals surface area contributed by atoms with Crippen molar-refractivity contribution in [2.45, 2.75) is 6.36 Å². The van der Waals surface area contributed by atoms with Gasteiger partial charge in [-0.3, -0.25) is 0 Å². The third kappa shape index (κ3) is 4.62. The lowest BCUT2D eigenvalue weighted by Crippen LogP contribution is -2.30. The van der Waals surface area contributed by atoms with Gasteiger partial charge in [0.2, 0.25) is 5.95 Å². The van der Waals surface area contributed by atoms with Crippen LogP contribution in [0.2, 0.25) is 0 Å². The summed E-state index contributed by atoms with van der Waals surface area (Å²) in [6.07, 6.45) is -2.42. The van der Waals surface area contributed by atoms with Crippen LogP contribution in [0.4, 0.5) is 24.8 Å². The molecule has 0 aliphatic heterocycles. The van der Waals surface area contributed by atoms with Gasteiger partial charge < -0.3 is 20.1 Å². The van der Waals surface area contributed by atoms with Crippen molar-refractivity contribution >= 4 is 24.2 Å². The van der Waals surface area contributed by atoms with Gasteiger partial charge >= 0.3 is 13.5 Å². The summed E-state index contributed by atoms with van der Waals surface area (Å²) in [6.45, 7) is 0. The molecule has 1 aromatic carbocycles. The average molecular weight is 299 g/mol. The van der Waals surface area contributed by atoms with Crippen molar-refractivity contribution in [3.63, 3.8) is 0 Å². The highest BCUT2D eigenvalue weighted by atomic mass is 19.4. The highest BCUT2D eigenvalue weighted by Crippen LogP contribution is 2.25. The number of benzene rings is 1. The van der Waals surface area contributed by atoms with E-state index in [0.29, 0.717) is 0 Å². The molecule has 0 unspecified atom stereocenters. The molecule has 2 rings (SSSR count). The summed E-state index contributed by atoms with van der Waals surface area (Å²) in [5.41, 5.74) is 0.378. The zero-order valence-corrected chi connectivity index (χ0v) is 10.4. The van der Waals surface area contributed by atoms with Crippen LogP contribution < -0.4 is 15.5 Å². The molecule has 2 aromatic rings. The topological polar surface area (TPSA) is 87.5 Å². The lowest BCUT2D eigenvalue weighted by atomic mass is 9.83. The van der Waals surface area contributed by atoms with Crippen LogP contribution in [-0.2, 0) is 0 Å². The van der Waals surface area contributed by atoms with Crippen LogP contribution in [0.5, 0.6) is 5.75 Å². The Morgan fingerprint density at radius 2 is 1.81 bits per heavy atom. The van der Waals surface area contributed by atoms with Gasteiger partial charge in [0.05, 0.1) is 0 Å². The molecule has 1 aromatic heterocycles. The monoisotopic (exact) mass is 299 g/mol. The molecule has 0 atom stereocenters. The van der Waals surface area contributed by atoms with E-state index < -0.39 is 13.5 Å². The van der Waals surface area contributed by atoms with Gasteiger partial charge in [-0.1, -0.05) is 6.07 Å². The van der Waals surface area contributed by atoms with E-state index in [0.717, 1.165) is 12.1 Å². The number of anilines is 2. The Morgan fingerprint density at radius 1 is 1.14 bits per heavy atom. The summed E-state index contributed by atoms with van der Waals surface area (Å²) in [5, 5.41) is 20.4. The van der Waals surface area contributed by atoms with Gasteiger partial charge in [-0.25, -0.2) is 9.97 Å². The molecule has 0 saturated carbocycles. The van der Waals surface area contributed by atoms with Crippen molar-refractivity contribution in [2.75, 3.05) is 5.32 Å². The molecule has 1 heterocycles. The summed E-state index contributed by atoms with van der Waals surface area (Å²) in [4.78, 5) is 7.59. The molecule has 0 amide bonds. The van der Waals surface area contributed by atoms with Crippen LogP contribution in [0.3, 0.4) is 0 Å². The number of aromatic nitrogens is 2. The van der Waals surface area contributed by atoms with E-state index in [1.807, 2.05) is 0 Å². The molecule has 10 heteroatoms. The first-order chi connectivity index (χ1) is 9.83. The Morgan fingerprint density at radius 3 is 2.38 bits per heavy atom. The smallest absolute Gasteiger partial charge is 0.423 e. The summed E-state index contributed by atoms with van der Waals surface area (Å²) < 4.78 is 40.1. The van der Waals surface area contributed by atoms with Crippen LogP contribution in [0.1, 0.15) is 0 Å². The molecule has 0 bridgehead atoms. The zero-order chi connectivity index (χ0) is 15.5. The highest BCUT2D eigenvalue weighted by Gasteiger charge is 2.31. The van der Waals surface area contributed by atoms with Crippen molar-refractivity contribution in [1.82, 2.24) is 9.97 Å². The van der Waals surface area contributed by atoms with Gasteiger partial charge in [0, 0.05) is 29.6 Å². The summed E-state index contributed by atoms with van der Waals surface area (Å²) in [7, 11) is -1.69. The third-order valence-corrected chi connectivity index (χ3v) is 2.29. The molecule has 6 nitrogen and oxygen atoms in total. The number of nitrogens with zero attached hydrogens (tertiary/aromatic N) is 2. The second kappa shape index (κ2) is 5.98. The predicted molar refractivity (Wildman–Crippen MR) is 68.3 cm³/mol. The van der Waals surface area contributed by atoms with Gasteiger partial charge in [-0.15, -0.1) is 13.2 Å². The lowest BCUT2D eigenvalue weighted by molar-refractivity contribution is -0.274. The Kier molecular flexibility index (Phi) is 4.29. The molecule has 3 N–H and O–H groups in total. The number of hydrogen-bond donors (Lipinski definition) is 3. The number of halogens is 3. The molecule has 0 aliphatic carbocycles. The minimum atomic E-state index is -4.77. The number of ether oxygens (including phenoxy) is 1. The summed E-state index contributed by atoms with van der Waals surface area (Å²) >= 11 is 0. The van der Waals surface area contributed by atoms with Gasteiger partial charge in [0.25, 0.3) is 0 Å². The Labute approximate surface area is 117 Å². The van der Waals surface area contributed by atoms with E-state index in [2.05, 4.69) is 20.0 Å². The highest BCUT2D eigenvalue weighted by molar-refractivity contribution is 6.58. The second-order valence-corrected chi connectivity index (χ2v) is 3.91. The molecule has 21 heavy (non-hydrogen) atoms. The average Bonchev–Trinajstić information content (AvgIpc) is 2.37. The molecule has 0 fully saturated rings. The quantitative estimate of drug-likeness (QED) is 0.724. The minimum Gasteiger partial charge on any atom is -0.423 e. The molecule has 110 valence electrons. The number of rotatable bonds is 4. The maximum atomic E-state index is 12.1. The van der Waals surface area contributed by atoms with E-state index in [9.17, 15) is 13.2 Å². The standard InChI is InChI=1S/C11H9BF3N3O3/c13-11(14,15)21-9-3-1-2-8(4-9)18-10-16-5-7(6-17-10)12(19)20/h1-6,19-20H,(H,16,17,18). The number of hydrogen-bond acceptors (Lipinski definition) is 6. The zero-order valence-electron chi connectivity index (χ0n) is 10.4. The normalized spacial score (nSPS) is 11.1. The summed E-state index contributed by atoms with van der Waals surface area (Å²) in [6, 6.07) is 5.16. The molecule has 0 radical (unpaired) electrons. The lowest BCUT2D eigenvalue weighted by Gasteiger charge is -2.10. The number of nitrogens with one attached hydrogen (secondary N) is 1. The van der Waals surface area contributed by atoms with E-state index in [-0.39, 0.29) is 22.8 Å². The van der Waals surface area contributed by atoms with Crippen molar-refractivity contribution in [3.05, 3.63) is 36.7 Å². The maximum Gasteiger partial charge on any atom is 0.573 e. The van der Waals surface area contributed by atoms with Crippen molar-refractivity contribution < 1.29 is 28.0 Å². The SMILES string of the molecule is OB(O)c1cnc(Nc2cccc(OC(F)(F)F)c2)nc1. The minimum absolute atomic E-state index is 0.0866. The predicted octanol–water partition coefficient (Wildman–Crippen LogP) is 0.799. The van der Waals surface area contributed by atoms with Crippen LogP contribution in [0, 0.1) is 0 Å². The first-order valence-electron chi connectivity index (χ1n) is 5.64. The Bertz CT molecular complexity index is 608. The maximum absolute atomic E-state index is 12.1. The fourth-order valence-electron chi connectivity index (χ4n) is 1.44. The largest absolute Gasteiger partial charge is 0.573 e. The van der Waals surface area contributed by atoms with E-state index >= 15 is 0 Å². The molecule has 0 saturated heterocycles. The van der Waals surface area contributed by atoms with Crippen LogP contribution in [-0.4, -0.2) is 33.5 Å².